The highest BCUT2D eigenvalue weighted by Crippen LogP contribution is 2.30. The van der Waals surface area contributed by atoms with Gasteiger partial charge in [-0.15, -0.1) is 0 Å². The molecule has 166 valence electrons. The summed E-state index contributed by atoms with van der Waals surface area (Å²) in [7, 11) is 0. The quantitative estimate of drug-likeness (QED) is 0.0825. The van der Waals surface area contributed by atoms with Gasteiger partial charge in [0.2, 0.25) is 4.77 Å². The highest BCUT2D eigenvalue weighted by molar-refractivity contribution is 14.1. The highest BCUT2D eigenvalue weighted by atomic mass is 127. The molecule has 4 rings (SSSR count). The molecule has 0 radical (unpaired) electrons. The second kappa shape index (κ2) is 10.5. The second-order valence-electron chi connectivity index (χ2n) is 6.80. The summed E-state index contributed by atoms with van der Waals surface area (Å²) < 4.78 is 9.73. The Kier molecular flexibility index (Phi) is 7.49. The van der Waals surface area contributed by atoms with E-state index in [4.69, 9.17) is 17.0 Å². The highest BCUT2D eigenvalue weighted by Gasteiger charge is 2.12. The van der Waals surface area contributed by atoms with Crippen LogP contribution in [0.5, 0.6) is 5.75 Å². The standard InChI is InChI=1S/C22H15I2N5O3S/c23-18-10-15(12-25-28-21(26-27-22(28)33)16-6-2-1-3-7-16)11-19(24)20(18)32-13-14-5-4-8-17(9-14)29(30)31/h1-12H,13H2,(H,27,33)/b25-12-. The molecular formula is C22H15I2N5O3S. The zero-order valence-electron chi connectivity index (χ0n) is 16.8. The lowest BCUT2D eigenvalue weighted by molar-refractivity contribution is -0.384. The van der Waals surface area contributed by atoms with Crippen LogP contribution in [-0.2, 0) is 6.61 Å². The third kappa shape index (κ3) is 5.65. The largest absolute Gasteiger partial charge is 0.487 e. The number of nitrogens with zero attached hydrogens (tertiary/aromatic N) is 4. The van der Waals surface area contributed by atoms with Crippen molar-refractivity contribution in [1.82, 2.24) is 14.9 Å². The van der Waals surface area contributed by atoms with E-state index in [2.05, 4.69) is 60.5 Å². The zero-order chi connectivity index (χ0) is 23.4. The number of benzene rings is 3. The molecule has 33 heavy (non-hydrogen) atoms. The number of ether oxygens (including phenoxy) is 1. The maximum Gasteiger partial charge on any atom is 0.269 e. The van der Waals surface area contributed by atoms with Gasteiger partial charge in [-0.3, -0.25) is 10.1 Å². The average Bonchev–Trinajstić information content (AvgIpc) is 3.18. The molecule has 1 heterocycles. The van der Waals surface area contributed by atoms with Crippen molar-refractivity contribution in [3.8, 4) is 17.1 Å². The van der Waals surface area contributed by atoms with Gasteiger partial charge in [0.25, 0.3) is 5.69 Å². The third-order valence-corrected chi connectivity index (χ3v) is 6.40. The Hall–Kier alpha value is -2.65. The van der Waals surface area contributed by atoms with Crippen LogP contribution >= 0.6 is 57.4 Å². The molecule has 0 aliphatic heterocycles. The van der Waals surface area contributed by atoms with Crippen molar-refractivity contribution in [2.24, 2.45) is 5.10 Å². The minimum Gasteiger partial charge on any atom is -0.487 e. The van der Waals surface area contributed by atoms with Gasteiger partial charge in [-0.1, -0.05) is 42.5 Å². The molecule has 0 saturated carbocycles. The topological polar surface area (TPSA) is 98.3 Å². The molecule has 0 aliphatic rings. The van der Waals surface area contributed by atoms with E-state index in [1.165, 1.54) is 12.1 Å². The van der Waals surface area contributed by atoms with Crippen molar-refractivity contribution in [3.63, 3.8) is 0 Å². The summed E-state index contributed by atoms with van der Waals surface area (Å²) in [5.74, 6) is 1.34. The van der Waals surface area contributed by atoms with E-state index in [1.807, 2.05) is 42.5 Å². The van der Waals surface area contributed by atoms with Crippen molar-refractivity contribution in [1.29, 1.82) is 0 Å². The van der Waals surface area contributed by atoms with Crippen LogP contribution in [0.1, 0.15) is 11.1 Å². The van der Waals surface area contributed by atoms with E-state index < -0.39 is 4.92 Å². The van der Waals surface area contributed by atoms with Crippen molar-refractivity contribution in [2.45, 2.75) is 6.61 Å². The zero-order valence-corrected chi connectivity index (χ0v) is 21.9. The van der Waals surface area contributed by atoms with Gasteiger partial charge in [-0.25, -0.2) is 5.10 Å². The molecule has 0 spiro atoms. The normalized spacial score (nSPS) is 11.1. The van der Waals surface area contributed by atoms with E-state index in [-0.39, 0.29) is 12.3 Å². The number of aromatic nitrogens is 3. The number of hydrogen-bond acceptors (Lipinski definition) is 6. The molecule has 1 N–H and O–H groups in total. The van der Waals surface area contributed by atoms with Crippen LogP contribution < -0.4 is 4.74 Å². The fraction of sp³-hybridized carbons (Fsp3) is 0.0455. The first-order valence-corrected chi connectivity index (χ1v) is 12.1. The SMILES string of the molecule is O=[N+]([O-])c1cccc(COc2c(I)cc(/C=N\n3c(-c4ccccc4)n[nH]c3=S)cc2I)c1. The summed E-state index contributed by atoms with van der Waals surface area (Å²) >= 11 is 9.74. The van der Waals surface area contributed by atoms with E-state index in [0.29, 0.717) is 16.3 Å². The number of nitro groups is 1. The van der Waals surface area contributed by atoms with Crippen LogP contribution in [0.3, 0.4) is 0 Å². The maximum absolute atomic E-state index is 11.0. The Labute approximate surface area is 221 Å². The second-order valence-corrected chi connectivity index (χ2v) is 9.52. The van der Waals surface area contributed by atoms with Gasteiger partial charge in [-0.05, 0) is 80.7 Å². The molecule has 0 saturated heterocycles. The molecule has 0 aliphatic carbocycles. The summed E-state index contributed by atoms with van der Waals surface area (Å²) in [5.41, 5.74) is 2.54. The summed E-state index contributed by atoms with van der Waals surface area (Å²) in [5, 5.41) is 22.6. The number of hydrogen-bond donors (Lipinski definition) is 1. The Morgan fingerprint density at radius 2 is 1.85 bits per heavy atom. The molecule has 8 nitrogen and oxygen atoms in total. The molecule has 0 unspecified atom stereocenters. The van der Waals surface area contributed by atoms with E-state index in [9.17, 15) is 10.1 Å². The van der Waals surface area contributed by atoms with Crippen LogP contribution in [0, 0.1) is 22.0 Å². The smallest absolute Gasteiger partial charge is 0.269 e. The molecule has 0 fully saturated rings. The average molecular weight is 683 g/mol. The number of rotatable bonds is 7. The number of nitrogens with one attached hydrogen (secondary N) is 1. The van der Waals surface area contributed by atoms with Crippen LogP contribution in [0.25, 0.3) is 11.4 Å². The van der Waals surface area contributed by atoms with E-state index >= 15 is 0 Å². The lowest BCUT2D eigenvalue weighted by Gasteiger charge is -2.11. The number of H-pyrrole nitrogens is 1. The van der Waals surface area contributed by atoms with Crippen LogP contribution in [0.15, 0.2) is 71.8 Å². The molecule has 0 atom stereocenters. The summed E-state index contributed by atoms with van der Waals surface area (Å²) in [6, 6.07) is 20.0. The number of nitro benzene ring substituents is 1. The molecule has 1 aromatic heterocycles. The Morgan fingerprint density at radius 1 is 1.12 bits per heavy atom. The maximum atomic E-state index is 11.0. The predicted octanol–water partition coefficient (Wildman–Crippen LogP) is 6.19. The van der Waals surface area contributed by atoms with E-state index in [0.717, 1.165) is 23.8 Å². The minimum atomic E-state index is -0.416. The fourth-order valence-corrected chi connectivity index (χ4v) is 5.31. The number of non-ortho nitro benzene ring substituents is 1. The first-order chi connectivity index (χ1) is 15.9. The first kappa shape index (κ1) is 23.5. The molecule has 0 amide bonds. The Balaban J connectivity index is 1.54. The summed E-state index contributed by atoms with van der Waals surface area (Å²) in [6.07, 6.45) is 1.71. The van der Waals surface area contributed by atoms with Crippen molar-refractivity contribution < 1.29 is 9.66 Å². The summed E-state index contributed by atoms with van der Waals surface area (Å²) in [6.45, 7) is 0.228. The molecular weight excluding hydrogens is 668 g/mol. The lowest BCUT2D eigenvalue weighted by Crippen LogP contribution is -2.01. The van der Waals surface area contributed by atoms with Gasteiger partial charge in [-0.2, -0.15) is 14.9 Å². The molecule has 0 bridgehead atoms. The van der Waals surface area contributed by atoms with Crippen LogP contribution in [-0.4, -0.2) is 26.0 Å². The van der Waals surface area contributed by atoms with Crippen LogP contribution in [0.4, 0.5) is 5.69 Å². The van der Waals surface area contributed by atoms with E-state index in [1.54, 1.807) is 23.0 Å². The molecule has 11 heteroatoms. The monoisotopic (exact) mass is 683 g/mol. The van der Waals surface area contributed by atoms with Gasteiger partial charge in [0.05, 0.1) is 18.3 Å². The van der Waals surface area contributed by atoms with Gasteiger partial charge in [0, 0.05) is 17.7 Å². The molecule has 3 aromatic carbocycles. The van der Waals surface area contributed by atoms with Gasteiger partial charge >= 0.3 is 0 Å². The number of aromatic amines is 1. The summed E-state index contributed by atoms with van der Waals surface area (Å²) in [4.78, 5) is 10.6. The van der Waals surface area contributed by atoms with Crippen molar-refractivity contribution in [3.05, 3.63) is 99.9 Å². The molecule has 4 aromatic rings. The van der Waals surface area contributed by atoms with Crippen molar-refractivity contribution in [2.75, 3.05) is 0 Å². The first-order valence-electron chi connectivity index (χ1n) is 9.55. The van der Waals surface area contributed by atoms with Gasteiger partial charge < -0.3 is 4.74 Å². The Bertz CT molecular complexity index is 1380. The van der Waals surface area contributed by atoms with Gasteiger partial charge in [0.15, 0.2) is 5.82 Å². The lowest BCUT2D eigenvalue weighted by atomic mass is 10.2. The minimum absolute atomic E-state index is 0.0415. The fourth-order valence-electron chi connectivity index (χ4n) is 3.00. The van der Waals surface area contributed by atoms with Gasteiger partial charge in [0.1, 0.15) is 12.4 Å². The van der Waals surface area contributed by atoms with Crippen molar-refractivity contribution >= 4 is 69.3 Å². The third-order valence-electron chi connectivity index (χ3n) is 4.53. The van der Waals surface area contributed by atoms with Crippen LogP contribution in [0.2, 0.25) is 0 Å². The number of halogens is 2. The Morgan fingerprint density at radius 3 is 2.55 bits per heavy atom. The predicted molar refractivity (Wildman–Crippen MR) is 145 cm³/mol.